The van der Waals surface area contributed by atoms with Gasteiger partial charge in [-0.25, -0.2) is 8.78 Å². The molecule has 4 aromatic rings. The van der Waals surface area contributed by atoms with Crippen molar-refractivity contribution in [3.63, 3.8) is 0 Å². The Balaban J connectivity index is 1.22. The molecule has 4 heterocycles. The van der Waals surface area contributed by atoms with Crippen LogP contribution in [0, 0.1) is 5.82 Å². The molecule has 2 atom stereocenters. The van der Waals surface area contributed by atoms with Crippen molar-refractivity contribution in [2.45, 2.75) is 31.7 Å². The Morgan fingerprint density at radius 2 is 1.95 bits per heavy atom. The highest BCUT2D eigenvalue weighted by Gasteiger charge is 2.40. The summed E-state index contributed by atoms with van der Waals surface area (Å²) in [5.74, 6) is -2.67. The van der Waals surface area contributed by atoms with Gasteiger partial charge in [0.05, 0.1) is 34.9 Å². The van der Waals surface area contributed by atoms with Gasteiger partial charge >= 0.3 is 0 Å². The zero-order valence-corrected chi connectivity index (χ0v) is 21.3. The summed E-state index contributed by atoms with van der Waals surface area (Å²) >= 11 is 1.47. The minimum Gasteiger partial charge on any atom is -0.364 e. The Hall–Kier alpha value is -4.45. The first kappa shape index (κ1) is 24.9. The standard InChI is InChI=1S/C27H22F2N6O3S/c28-15-10-20(34(12-15)21(36)13-35-19-7-2-1-4-16(19)24(33-35)26(30)37)27(38)32-18-6-3-5-17(22(18)29)23-25-14(11-31-23)8-9-39-25/h1-9,15,20H,10-13H2,(H2,30,37)(H,32,38)/t15-,20+/m1/s1. The predicted octanol–water partition coefficient (Wildman–Crippen LogP) is 3.26. The summed E-state index contributed by atoms with van der Waals surface area (Å²) in [6.07, 6.45) is -1.65. The van der Waals surface area contributed by atoms with Gasteiger partial charge in [-0.1, -0.05) is 24.3 Å². The molecule has 0 aliphatic carbocycles. The number of amides is 3. The largest absolute Gasteiger partial charge is 0.364 e. The summed E-state index contributed by atoms with van der Waals surface area (Å²) < 4.78 is 31.3. The van der Waals surface area contributed by atoms with Crippen molar-refractivity contribution >= 4 is 51.4 Å². The zero-order valence-electron chi connectivity index (χ0n) is 20.4. The van der Waals surface area contributed by atoms with E-state index in [2.05, 4.69) is 15.4 Å². The topological polar surface area (TPSA) is 123 Å². The average molecular weight is 549 g/mol. The fourth-order valence-electron chi connectivity index (χ4n) is 5.10. The number of carbonyl (C=O) groups excluding carboxylic acids is 3. The number of anilines is 1. The van der Waals surface area contributed by atoms with E-state index < -0.39 is 35.8 Å². The van der Waals surface area contributed by atoms with Crippen LogP contribution in [0.3, 0.4) is 0 Å². The Kier molecular flexibility index (Phi) is 6.18. The van der Waals surface area contributed by atoms with Crippen LogP contribution < -0.4 is 11.1 Å². The van der Waals surface area contributed by atoms with Crippen LogP contribution in [-0.4, -0.2) is 56.9 Å². The van der Waals surface area contributed by atoms with Gasteiger partial charge in [0.2, 0.25) is 11.8 Å². The van der Waals surface area contributed by atoms with Gasteiger partial charge in [-0.15, -0.1) is 11.3 Å². The Morgan fingerprint density at radius 1 is 1.13 bits per heavy atom. The monoisotopic (exact) mass is 548 g/mol. The third kappa shape index (κ3) is 4.36. The molecule has 0 radical (unpaired) electrons. The highest BCUT2D eigenvalue weighted by molar-refractivity contribution is 7.12. The van der Waals surface area contributed by atoms with Crippen LogP contribution >= 0.6 is 11.3 Å². The van der Waals surface area contributed by atoms with E-state index in [1.807, 2.05) is 11.4 Å². The maximum atomic E-state index is 15.5. The van der Waals surface area contributed by atoms with Gasteiger partial charge in [-0.05, 0) is 35.2 Å². The number of likely N-dealkylation sites (tertiary alicyclic amines) is 1. The number of aliphatic imine (C=N–C) groups is 1. The molecular formula is C27H22F2N6O3S. The van der Waals surface area contributed by atoms with Crippen LogP contribution in [0.1, 0.15) is 32.9 Å². The highest BCUT2D eigenvalue weighted by atomic mass is 32.1. The van der Waals surface area contributed by atoms with Gasteiger partial charge in [0.1, 0.15) is 18.8 Å². The predicted molar refractivity (Wildman–Crippen MR) is 142 cm³/mol. The lowest BCUT2D eigenvalue weighted by Gasteiger charge is -2.24. The Bertz CT molecular complexity index is 1680. The first-order valence-electron chi connectivity index (χ1n) is 12.2. The number of rotatable bonds is 6. The van der Waals surface area contributed by atoms with Crippen LogP contribution in [0.25, 0.3) is 10.9 Å². The number of para-hydroxylation sites is 1. The van der Waals surface area contributed by atoms with E-state index in [0.29, 0.717) is 23.2 Å². The normalized spacial score (nSPS) is 18.3. The van der Waals surface area contributed by atoms with Crippen molar-refractivity contribution in [2.75, 3.05) is 11.9 Å². The van der Waals surface area contributed by atoms with Crippen molar-refractivity contribution in [1.82, 2.24) is 14.7 Å². The molecule has 3 amide bonds. The maximum absolute atomic E-state index is 15.5. The number of alkyl halides is 1. The number of hydrogen-bond donors (Lipinski definition) is 2. The molecule has 12 heteroatoms. The fraction of sp³-hybridized carbons (Fsp3) is 0.222. The van der Waals surface area contributed by atoms with Gasteiger partial charge < -0.3 is 16.0 Å². The van der Waals surface area contributed by atoms with Crippen molar-refractivity contribution in [2.24, 2.45) is 10.7 Å². The minimum absolute atomic E-state index is 0.00868. The first-order valence-corrected chi connectivity index (χ1v) is 13.1. The molecule has 2 aliphatic rings. The van der Waals surface area contributed by atoms with E-state index in [0.717, 1.165) is 15.3 Å². The second-order valence-electron chi connectivity index (χ2n) is 9.38. The number of hydrogen-bond acceptors (Lipinski definition) is 6. The fourth-order valence-corrected chi connectivity index (χ4v) is 6.04. The first-order chi connectivity index (χ1) is 18.8. The lowest BCUT2D eigenvalue weighted by Crippen LogP contribution is -2.44. The van der Waals surface area contributed by atoms with Gasteiger partial charge in [0, 0.05) is 17.4 Å². The Morgan fingerprint density at radius 3 is 2.77 bits per heavy atom. The average Bonchev–Trinajstić information content (AvgIpc) is 3.69. The molecule has 0 saturated carbocycles. The van der Waals surface area contributed by atoms with Crippen molar-refractivity contribution < 1.29 is 23.2 Å². The van der Waals surface area contributed by atoms with Gasteiger partial charge in [0.15, 0.2) is 11.5 Å². The smallest absolute Gasteiger partial charge is 0.269 e. The molecule has 0 spiro atoms. The SMILES string of the molecule is NC(=O)c1nn(CC(=O)N2C[C@H](F)C[C@H]2C(=O)Nc2cccc(C3=NCc4ccsc43)c2F)c2ccccc12. The molecule has 6 rings (SSSR count). The second kappa shape index (κ2) is 9.70. The summed E-state index contributed by atoms with van der Waals surface area (Å²) in [6.45, 7) is -0.163. The lowest BCUT2D eigenvalue weighted by molar-refractivity contribution is -0.137. The van der Waals surface area contributed by atoms with E-state index in [1.165, 1.54) is 22.1 Å². The van der Waals surface area contributed by atoms with E-state index in [9.17, 15) is 18.8 Å². The molecule has 39 heavy (non-hydrogen) atoms. The van der Waals surface area contributed by atoms with Crippen LogP contribution in [0.15, 0.2) is 58.9 Å². The van der Waals surface area contributed by atoms with Crippen LogP contribution in [-0.2, 0) is 22.7 Å². The number of fused-ring (bicyclic) bond motifs is 2. The van der Waals surface area contributed by atoms with Gasteiger partial charge in [-0.3, -0.25) is 24.1 Å². The van der Waals surface area contributed by atoms with E-state index >= 15 is 4.39 Å². The summed E-state index contributed by atoms with van der Waals surface area (Å²) in [5, 5.41) is 9.11. The molecule has 198 valence electrons. The maximum Gasteiger partial charge on any atom is 0.269 e. The van der Waals surface area contributed by atoms with Crippen molar-refractivity contribution in [3.05, 3.63) is 81.4 Å². The molecule has 1 fully saturated rings. The number of halogens is 2. The third-order valence-corrected chi connectivity index (χ3v) is 7.89. The van der Waals surface area contributed by atoms with Crippen LogP contribution in [0.5, 0.6) is 0 Å². The van der Waals surface area contributed by atoms with Crippen LogP contribution in [0.4, 0.5) is 14.5 Å². The summed E-state index contributed by atoms with van der Waals surface area (Å²) in [5.41, 5.74) is 7.66. The number of carbonyl (C=O) groups is 3. The molecule has 9 nitrogen and oxygen atoms in total. The van der Waals surface area contributed by atoms with E-state index in [1.54, 1.807) is 36.4 Å². The molecule has 1 saturated heterocycles. The van der Waals surface area contributed by atoms with E-state index in [4.69, 9.17) is 5.73 Å². The number of benzene rings is 2. The van der Waals surface area contributed by atoms with Crippen LogP contribution in [0.2, 0.25) is 0 Å². The van der Waals surface area contributed by atoms with Gasteiger partial charge in [0.25, 0.3) is 5.91 Å². The quantitative estimate of drug-likeness (QED) is 0.384. The molecule has 2 aromatic carbocycles. The number of nitrogens with zero attached hydrogens (tertiary/aromatic N) is 4. The molecule has 2 aliphatic heterocycles. The Labute approximate surface area is 224 Å². The molecule has 0 bridgehead atoms. The second-order valence-corrected chi connectivity index (χ2v) is 10.3. The zero-order chi connectivity index (χ0) is 27.3. The van der Waals surface area contributed by atoms with Gasteiger partial charge in [-0.2, -0.15) is 5.10 Å². The molecule has 3 N–H and O–H groups in total. The molecule has 0 unspecified atom stereocenters. The van der Waals surface area contributed by atoms with E-state index in [-0.39, 0.29) is 36.5 Å². The lowest BCUT2D eigenvalue weighted by atomic mass is 10.1. The van der Waals surface area contributed by atoms with Crippen molar-refractivity contribution in [1.29, 1.82) is 0 Å². The summed E-state index contributed by atoms with van der Waals surface area (Å²) in [6, 6.07) is 12.2. The third-order valence-electron chi connectivity index (χ3n) is 6.93. The molecule has 2 aromatic heterocycles. The number of nitrogens with one attached hydrogen (secondary N) is 1. The summed E-state index contributed by atoms with van der Waals surface area (Å²) in [4.78, 5) is 44.8. The number of aromatic nitrogens is 2. The number of thiophene rings is 1. The minimum atomic E-state index is -1.43. The summed E-state index contributed by atoms with van der Waals surface area (Å²) in [7, 11) is 0. The number of nitrogens with two attached hydrogens (primary N) is 1. The highest BCUT2D eigenvalue weighted by Crippen LogP contribution is 2.31. The number of primary amides is 1. The molecular weight excluding hydrogens is 526 g/mol. The van der Waals surface area contributed by atoms with Crippen molar-refractivity contribution in [3.8, 4) is 0 Å².